The van der Waals surface area contributed by atoms with Crippen LogP contribution in [0.2, 0.25) is 0 Å². The quantitative estimate of drug-likeness (QED) is 0.519. The predicted octanol–water partition coefficient (Wildman–Crippen LogP) is 1.04. The molecular weight excluding hydrogens is 204 g/mol. The van der Waals surface area contributed by atoms with Gasteiger partial charge in [0.2, 0.25) is 5.91 Å². The van der Waals surface area contributed by atoms with E-state index in [0.29, 0.717) is 18.9 Å². The van der Waals surface area contributed by atoms with Crippen LogP contribution >= 0.6 is 0 Å². The predicted molar refractivity (Wildman–Crippen MR) is 66.3 cm³/mol. The molecule has 0 rings (SSSR count). The molecule has 1 atom stereocenters. The maximum atomic E-state index is 11.5. The average Bonchev–Trinajstić information content (AvgIpc) is 2.23. The van der Waals surface area contributed by atoms with Gasteiger partial charge in [-0.1, -0.05) is 20.8 Å². The molecule has 0 spiro atoms. The van der Waals surface area contributed by atoms with Gasteiger partial charge in [0.05, 0.1) is 0 Å². The third-order valence-electron chi connectivity index (χ3n) is 2.47. The van der Waals surface area contributed by atoms with Gasteiger partial charge >= 0.3 is 0 Å². The third-order valence-corrected chi connectivity index (χ3v) is 2.47. The van der Waals surface area contributed by atoms with Crippen LogP contribution in [0.3, 0.4) is 0 Å². The molecule has 0 saturated carbocycles. The summed E-state index contributed by atoms with van der Waals surface area (Å²) in [4.78, 5) is 11.5. The SMILES string of the molecule is CCC(CCO)NC(=O)CCCNC(C)C. The average molecular weight is 230 g/mol. The van der Waals surface area contributed by atoms with Crippen molar-refractivity contribution >= 4 is 5.91 Å². The van der Waals surface area contributed by atoms with E-state index in [9.17, 15) is 4.79 Å². The molecule has 0 bridgehead atoms. The molecule has 0 saturated heterocycles. The van der Waals surface area contributed by atoms with Crippen LogP contribution in [0.25, 0.3) is 0 Å². The van der Waals surface area contributed by atoms with Crippen molar-refractivity contribution in [2.75, 3.05) is 13.2 Å². The number of carbonyl (C=O) groups is 1. The van der Waals surface area contributed by atoms with Gasteiger partial charge in [0.1, 0.15) is 0 Å². The molecule has 1 unspecified atom stereocenters. The first kappa shape index (κ1) is 15.4. The summed E-state index contributed by atoms with van der Waals surface area (Å²) < 4.78 is 0. The maximum absolute atomic E-state index is 11.5. The molecule has 3 N–H and O–H groups in total. The van der Waals surface area contributed by atoms with Crippen molar-refractivity contribution in [3.63, 3.8) is 0 Å². The molecule has 0 aliphatic heterocycles. The number of hydrogen-bond acceptors (Lipinski definition) is 3. The fourth-order valence-electron chi connectivity index (χ4n) is 1.47. The lowest BCUT2D eigenvalue weighted by molar-refractivity contribution is -0.122. The lowest BCUT2D eigenvalue weighted by atomic mass is 10.1. The number of rotatable bonds is 9. The second kappa shape index (κ2) is 9.60. The van der Waals surface area contributed by atoms with Crippen LogP contribution in [0.1, 0.15) is 46.5 Å². The van der Waals surface area contributed by atoms with Crippen LogP contribution in [-0.4, -0.2) is 36.2 Å². The van der Waals surface area contributed by atoms with E-state index >= 15 is 0 Å². The van der Waals surface area contributed by atoms with Crippen LogP contribution in [-0.2, 0) is 4.79 Å². The Labute approximate surface area is 98.8 Å². The van der Waals surface area contributed by atoms with E-state index < -0.39 is 0 Å². The minimum Gasteiger partial charge on any atom is -0.396 e. The number of aliphatic hydroxyl groups is 1. The highest BCUT2D eigenvalue weighted by molar-refractivity contribution is 5.76. The maximum Gasteiger partial charge on any atom is 0.220 e. The third kappa shape index (κ3) is 8.68. The molecule has 0 aliphatic rings. The normalized spacial score (nSPS) is 12.8. The number of hydrogen-bond donors (Lipinski definition) is 3. The highest BCUT2D eigenvalue weighted by Gasteiger charge is 2.09. The zero-order chi connectivity index (χ0) is 12.4. The van der Waals surface area contributed by atoms with E-state index in [1.54, 1.807) is 0 Å². The Hall–Kier alpha value is -0.610. The monoisotopic (exact) mass is 230 g/mol. The van der Waals surface area contributed by atoms with Crippen LogP contribution in [0, 0.1) is 0 Å². The second-order valence-electron chi connectivity index (χ2n) is 4.40. The molecule has 0 aromatic carbocycles. The molecule has 0 aromatic rings. The summed E-state index contributed by atoms with van der Waals surface area (Å²) in [6.07, 6.45) is 2.93. The van der Waals surface area contributed by atoms with Crippen LogP contribution in [0.5, 0.6) is 0 Å². The standard InChI is InChI=1S/C12H26N2O2/c1-4-11(7-9-15)14-12(16)6-5-8-13-10(2)3/h10-11,13,15H,4-9H2,1-3H3,(H,14,16). The molecule has 0 aromatic heterocycles. The lowest BCUT2D eigenvalue weighted by Gasteiger charge is -2.15. The summed E-state index contributed by atoms with van der Waals surface area (Å²) in [5.74, 6) is 0.0888. The topological polar surface area (TPSA) is 61.4 Å². The first-order valence-corrected chi connectivity index (χ1v) is 6.23. The van der Waals surface area contributed by atoms with E-state index in [1.807, 2.05) is 6.92 Å². The van der Waals surface area contributed by atoms with Gasteiger partial charge in [0.25, 0.3) is 0 Å². The lowest BCUT2D eigenvalue weighted by Crippen LogP contribution is -2.35. The van der Waals surface area contributed by atoms with Gasteiger partial charge in [-0.15, -0.1) is 0 Å². The van der Waals surface area contributed by atoms with Crippen molar-refractivity contribution in [2.45, 2.75) is 58.5 Å². The molecule has 4 heteroatoms. The van der Waals surface area contributed by atoms with Crippen molar-refractivity contribution in [2.24, 2.45) is 0 Å². The smallest absolute Gasteiger partial charge is 0.220 e. The Morgan fingerprint density at radius 1 is 1.38 bits per heavy atom. The molecule has 96 valence electrons. The minimum absolute atomic E-state index is 0.0888. The molecule has 4 nitrogen and oxygen atoms in total. The Kier molecular flexibility index (Phi) is 9.24. The molecule has 0 aliphatic carbocycles. The summed E-state index contributed by atoms with van der Waals surface area (Å²) in [6, 6.07) is 0.594. The largest absolute Gasteiger partial charge is 0.396 e. The van der Waals surface area contributed by atoms with Crippen molar-refractivity contribution in [1.82, 2.24) is 10.6 Å². The van der Waals surface area contributed by atoms with Crippen molar-refractivity contribution in [1.29, 1.82) is 0 Å². The van der Waals surface area contributed by atoms with Gasteiger partial charge in [0.15, 0.2) is 0 Å². The minimum atomic E-state index is 0.0888. The van der Waals surface area contributed by atoms with E-state index in [0.717, 1.165) is 19.4 Å². The second-order valence-corrected chi connectivity index (χ2v) is 4.40. The number of carbonyl (C=O) groups excluding carboxylic acids is 1. The van der Waals surface area contributed by atoms with E-state index in [1.165, 1.54) is 0 Å². The first-order valence-electron chi connectivity index (χ1n) is 6.23. The fourth-order valence-corrected chi connectivity index (χ4v) is 1.47. The highest BCUT2D eigenvalue weighted by Crippen LogP contribution is 1.98. The summed E-state index contributed by atoms with van der Waals surface area (Å²) >= 11 is 0. The zero-order valence-electron chi connectivity index (χ0n) is 10.8. The Balaban J connectivity index is 3.56. The summed E-state index contributed by atoms with van der Waals surface area (Å²) in [5, 5.41) is 15.0. The number of amides is 1. The summed E-state index contributed by atoms with van der Waals surface area (Å²) in [6.45, 7) is 7.21. The molecule has 1 amide bonds. The fraction of sp³-hybridized carbons (Fsp3) is 0.917. The van der Waals surface area contributed by atoms with Gasteiger partial charge in [-0.2, -0.15) is 0 Å². The van der Waals surface area contributed by atoms with Crippen LogP contribution in [0.4, 0.5) is 0 Å². The van der Waals surface area contributed by atoms with Gasteiger partial charge in [0, 0.05) is 25.1 Å². The molecule has 16 heavy (non-hydrogen) atoms. The van der Waals surface area contributed by atoms with Crippen molar-refractivity contribution < 1.29 is 9.90 Å². The molecular formula is C12H26N2O2. The van der Waals surface area contributed by atoms with E-state index in [-0.39, 0.29) is 18.6 Å². The van der Waals surface area contributed by atoms with Crippen molar-refractivity contribution in [3.05, 3.63) is 0 Å². The van der Waals surface area contributed by atoms with Crippen LogP contribution < -0.4 is 10.6 Å². The summed E-state index contributed by atoms with van der Waals surface area (Å²) in [5.41, 5.74) is 0. The zero-order valence-corrected chi connectivity index (χ0v) is 10.8. The van der Waals surface area contributed by atoms with E-state index in [4.69, 9.17) is 5.11 Å². The molecule has 0 heterocycles. The van der Waals surface area contributed by atoms with Gasteiger partial charge < -0.3 is 15.7 Å². The Morgan fingerprint density at radius 2 is 2.06 bits per heavy atom. The van der Waals surface area contributed by atoms with Crippen LogP contribution in [0.15, 0.2) is 0 Å². The van der Waals surface area contributed by atoms with Crippen molar-refractivity contribution in [3.8, 4) is 0 Å². The Morgan fingerprint density at radius 3 is 2.56 bits per heavy atom. The molecule has 0 radical (unpaired) electrons. The van der Waals surface area contributed by atoms with Gasteiger partial charge in [-0.3, -0.25) is 4.79 Å². The summed E-state index contributed by atoms with van der Waals surface area (Å²) in [7, 11) is 0. The number of aliphatic hydroxyl groups excluding tert-OH is 1. The number of nitrogens with one attached hydrogen (secondary N) is 2. The highest BCUT2D eigenvalue weighted by atomic mass is 16.3. The first-order chi connectivity index (χ1) is 7.60. The molecule has 0 fully saturated rings. The Bertz CT molecular complexity index is 184. The van der Waals surface area contributed by atoms with Gasteiger partial charge in [-0.25, -0.2) is 0 Å². The van der Waals surface area contributed by atoms with E-state index in [2.05, 4.69) is 24.5 Å². The van der Waals surface area contributed by atoms with Gasteiger partial charge in [-0.05, 0) is 25.8 Å².